The van der Waals surface area contributed by atoms with Crippen molar-refractivity contribution in [1.29, 1.82) is 0 Å². The van der Waals surface area contributed by atoms with Gasteiger partial charge in [0.2, 0.25) is 0 Å². The van der Waals surface area contributed by atoms with Crippen molar-refractivity contribution in [2.45, 2.75) is 59.1 Å². The monoisotopic (exact) mass is 322 g/mol. The van der Waals surface area contributed by atoms with Gasteiger partial charge in [-0.15, -0.1) is 0 Å². The lowest BCUT2D eigenvalue weighted by Crippen LogP contribution is -2.46. The Labute approximate surface area is 137 Å². The highest BCUT2D eigenvalue weighted by atomic mass is 16.6. The standard InChI is InChI=1S/C16H26N4O3/c1-11(2)20-14(17-10-18-20)8-12-9-19(7-6-13(12)21)15(22)23-16(3,4)5/h10-12H,6-9H2,1-5H3. The van der Waals surface area contributed by atoms with Crippen LogP contribution in [-0.2, 0) is 16.0 Å². The van der Waals surface area contributed by atoms with Crippen LogP contribution >= 0.6 is 0 Å². The summed E-state index contributed by atoms with van der Waals surface area (Å²) in [5.74, 6) is 0.700. The van der Waals surface area contributed by atoms with Crippen LogP contribution in [0, 0.1) is 5.92 Å². The summed E-state index contributed by atoms with van der Waals surface area (Å²) in [4.78, 5) is 30.3. The number of amides is 1. The molecule has 7 heteroatoms. The SMILES string of the molecule is CC(C)n1ncnc1CC1CN(C(=O)OC(C)(C)C)CCC1=O. The van der Waals surface area contributed by atoms with Crippen molar-refractivity contribution in [3.05, 3.63) is 12.2 Å². The second kappa shape index (κ2) is 6.68. The molecule has 0 bridgehead atoms. The molecular formula is C16H26N4O3. The van der Waals surface area contributed by atoms with Gasteiger partial charge in [0.05, 0.1) is 0 Å². The number of ether oxygens (including phenoxy) is 1. The molecule has 1 aromatic heterocycles. The molecule has 1 amide bonds. The molecule has 1 atom stereocenters. The third kappa shape index (κ3) is 4.53. The van der Waals surface area contributed by atoms with Crippen LogP contribution in [-0.4, -0.2) is 50.2 Å². The van der Waals surface area contributed by atoms with Gasteiger partial charge in [-0.2, -0.15) is 5.10 Å². The fraction of sp³-hybridized carbons (Fsp3) is 0.750. The molecule has 1 aliphatic heterocycles. The maximum Gasteiger partial charge on any atom is 0.410 e. The van der Waals surface area contributed by atoms with Gasteiger partial charge in [-0.25, -0.2) is 14.5 Å². The molecular weight excluding hydrogens is 296 g/mol. The first kappa shape index (κ1) is 17.4. The van der Waals surface area contributed by atoms with Crippen LogP contribution in [0.3, 0.4) is 0 Å². The summed E-state index contributed by atoms with van der Waals surface area (Å²) in [6.45, 7) is 10.3. The topological polar surface area (TPSA) is 77.3 Å². The van der Waals surface area contributed by atoms with E-state index < -0.39 is 5.60 Å². The van der Waals surface area contributed by atoms with Crippen LogP contribution < -0.4 is 0 Å². The van der Waals surface area contributed by atoms with E-state index in [-0.39, 0.29) is 23.8 Å². The fourth-order valence-electron chi connectivity index (χ4n) is 2.65. The molecule has 0 aliphatic carbocycles. The zero-order valence-electron chi connectivity index (χ0n) is 14.6. The number of likely N-dealkylation sites (tertiary alicyclic amines) is 1. The van der Waals surface area contributed by atoms with Gasteiger partial charge in [-0.05, 0) is 34.6 Å². The molecule has 0 aromatic carbocycles. The van der Waals surface area contributed by atoms with Gasteiger partial charge in [-0.1, -0.05) is 0 Å². The first-order chi connectivity index (χ1) is 10.7. The van der Waals surface area contributed by atoms with Crippen LogP contribution in [0.4, 0.5) is 4.79 Å². The van der Waals surface area contributed by atoms with Gasteiger partial charge in [0, 0.05) is 37.9 Å². The predicted octanol–water partition coefficient (Wildman–Crippen LogP) is 2.23. The molecule has 128 valence electrons. The highest BCUT2D eigenvalue weighted by Gasteiger charge is 2.33. The first-order valence-electron chi connectivity index (χ1n) is 8.06. The summed E-state index contributed by atoms with van der Waals surface area (Å²) < 4.78 is 7.22. The number of Topliss-reactive ketones (excluding diaryl/α,β-unsaturated/α-hetero) is 1. The van der Waals surface area contributed by atoms with Crippen LogP contribution in [0.25, 0.3) is 0 Å². The van der Waals surface area contributed by atoms with Crippen molar-refractivity contribution >= 4 is 11.9 Å². The quantitative estimate of drug-likeness (QED) is 0.853. The first-order valence-corrected chi connectivity index (χ1v) is 8.06. The molecule has 7 nitrogen and oxygen atoms in total. The third-order valence-corrected chi connectivity index (χ3v) is 3.74. The molecule has 0 saturated carbocycles. The van der Waals surface area contributed by atoms with Gasteiger partial charge in [0.15, 0.2) is 0 Å². The van der Waals surface area contributed by atoms with Gasteiger partial charge >= 0.3 is 6.09 Å². The Hall–Kier alpha value is -1.92. The van der Waals surface area contributed by atoms with Crippen LogP contribution in [0.1, 0.15) is 52.9 Å². The van der Waals surface area contributed by atoms with E-state index in [1.54, 1.807) is 4.90 Å². The summed E-state index contributed by atoms with van der Waals surface area (Å²) in [5, 5.41) is 4.20. The lowest BCUT2D eigenvalue weighted by Gasteiger charge is -2.33. The van der Waals surface area contributed by atoms with Crippen molar-refractivity contribution in [1.82, 2.24) is 19.7 Å². The van der Waals surface area contributed by atoms with Crippen LogP contribution in [0.2, 0.25) is 0 Å². The summed E-state index contributed by atoms with van der Waals surface area (Å²) >= 11 is 0. The number of carbonyl (C=O) groups is 2. The molecule has 1 aliphatic rings. The van der Waals surface area contributed by atoms with Crippen molar-refractivity contribution < 1.29 is 14.3 Å². The van der Waals surface area contributed by atoms with Crippen LogP contribution in [0.15, 0.2) is 6.33 Å². The lowest BCUT2D eigenvalue weighted by molar-refractivity contribution is -0.126. The fourth-order valence-corrected chi connectivity index (χ4v) is 2.65. The largest absolute Gasteiger partial charge is 0.444 e. The van der Waals surface area contributed by atoms with Crippen molar-refractivity contribution in [3.8, 4) is 0 Å². The van der Waals surface area contributed by atoms with Gasteiger partial charge in [0.25, 0.3) is 0 Å². The normalized spacial score (nSPS) is 19.3. The molecule has 2 heterocycles. The maximum atomic E-state index is 12.2. The van der Waals surface area contributed by atoms with E-state index in [0.717, 1.165) is 5.82 Å². The number of aromatic nitrogens is 3. The van der Waals surface area contributed by atoms with E-state index in [0.29, 0.717) is 25.9 Å². The maximum absolute atomic E-state index is 12.2. The second-order valence-electron chi connectivity index (χ2n) is 7.26. The average molecular weight is 322 g/mol. The number of ketones is 1. The zero-order chi connectivity index (χ0) is 17.2. The zero-order valence-corrected chi connectivity index (χ0v) is 14.6. The molecule has 0 spiro atoms. The summed E-state index contributed by atoms with van der Waals surface area (Å²) in [7, 11) is 0. The third-order valence-electron chi connectivity index (χ3n) is 3.74. The highest BCUT2D eigenvalue weighted by Crippen LogP contribution is 2.20. The minimum atomic E-state index is -0.536. The summed E-state index contributed by atoms with van der Waals surface area (Å²) in [5.41, 5.74) is -0.536. The van der Waals surface area contributed by atoms with E-state index in [1.165, 1.54) is 6.33 Å². The van der Waals surface area contributed by atoms with Gasteiger partial charge in [0.1, 0.15) is 23.5 Å². The Morgan fingerprint density at radius 1 is 1.43 bits per heavy atom. The molecule has 0 radical (unpaired) electrons. The minimum absolute atomic E-state index is 0.170. The van der Waals surface area contributed by atoms with E-state index in [4.69, 9.17) is 4.74 Å². The van der Waals surface area contributed by atoms with E-state index in [2.05, 4.69) is 10.1 Å². The number of nitrogens with zero attached hydrogens (tertiary/aromatic N) is 4. The number of carbonyl (C=O) groups excluding carboxylic acids is 2. The molecule has 1 unspecified atom stereocenters. The summed E-state index contributed by atoms with van der Waals surface area (Å²) in [6, 6.07) is 0.188. The Bertz CT molecular complexity index is 574. The Morgan fingerprint density at radius 2 is 2.13 bits per heavy atom. The lowest BCUT2D eigenvalue weighted by atomic mass is 9.93. The second-order valence-corrected chi connectivity index (χ2v) is 7.26. The smallest absolute Gasteiger partial charge is 0.410 e. The molecule has 1 saturated heterocycles. The van der Waals surface area contributed by atoms with Crippen molar-refractivity contribution in [3.63, 3.8) is 0 Å². The molecule has 2 rings (SSSR count). The molecule has 23 heavy (non-hydrogen) atoms. The van der Waals surface area contributed by atoms with E-state index in [9.17, 15) is 9.59 Å². The van der Waals surface area contributed by atoms with Gasteiger partial charge < -0.3 is 9.64 Å². The van der Waals surface area contributed by atoms with Gasteiger partial charge in [-0.3, -0.25) is 4.79 Å². The van der Waals surface area contributed by atoms with E-state index in [1.807, 2.05) is 39.3 Å². The van der Waals surface area contributed by atoms with Crippen molar-refractivity contribution in [2.24, 2.45) is 5.92 Å². The number of piperidine rings is 1. The van der Waals surface area contributed by atoms with Crippen molar-refractivity contribution in [2.75, 3.05) is 13.1 Å². The minimum Gasteiger partial charge on any atom is -0.444 e. The number of hydrogen-bond donors (Lipinski definition) is 0. The van der Waals surface area contributed by atoms with Crippen LogP contribution in [0.5, 0.6) is 0 Å². The Kier molecular flexibility index (Phi) is 5.06. The molecule has 0 N–H and O–H groups in total. The summed E-state index contributed by atoms with van der Waals surface area (Å²) in [6.07, 6.45) is 2.00. The number of hydrogen-bond acceptors (Lipinski definition) is 5. The molecule has 1 aromatic rings. The molecule has 1 fully saturated rings. The highest BCUT2D eigenvalue weighted by molar-refractivity contribution is 5.84. The van der Waals surface area contributed by atoms with E-state index >= 15 is 0 Å². The number of rotatable bonds is 3. The average Bonchev–Trinajstić information content (AvgIpc) is 2.87. The Balaban J connectivity index is 2.05. The Morgan fingerprint density at radius 3 is 2.74 bits per heavy atom. The predicted molar refractivity (Wildman–Crippen MR) is 85.0 cm³/mol.